The van der Waals surface area contributed by atoms with E-state index >= 15 is 0 Å². The lowest BCUT2D eigenvalue weighted by Gasteiger charge is -2.16. The van der Waals surface area contributed by atoms with E-state index in [2.05, 4.69) is 10.6 Å². The minimum atomic E-state index is -0.892. The summed E-state index contributed by atoms with van der Waals surface area (Å²) in [7, 11) is 0. The van der Waals surface area contributed by atoms with Gasteiger partial charge in [0.1, 0.15) is 0 Å². The molecular formula is C9H21N3O3. The van der Waals surface area contributed by atoms with Gasteiger partial charge in [0.15, 0.2) is 0 Å². The predicted molar refractivity (Wildman–Crippen MR) is 56.4 cm³/mol. The average molecular weight is 219 g/mol. The van der Waals surface area contributed by atoms with E-state index in [1.54, 1.807) is 0 Å². The van der Waals surface area contributed by atoms with E-state index in [-0.39, 0.29) is 12.6 Å². The maximum atomic E-state index is 9.63. The Morgan fingerprint density at radius 1 is 1.20 bits per heavy atom. The molecule has 1 saturated heterocycles. The summed E-state index contributed by atoms with van der Waals surface area (Å²) in [6.07, 6.45) is -0.835. The van der Waals surface area contributed by atoms with Crippen LogP contribution in [0.4, 0.5) is 0 Å². The van der Waals surface area contributed by atoms with Gasteiger partial charge in [-0.1, -0.05) is 0 Å². The zero-order valence-electron chi connectivity index (χ0n) is 8.76. The minimum absolute atomic E-state index is 0.169. The molecule has 0 aromatic carbocycles. The summed E-state index contributed by atoms with van der Waals surface area (Å²) < 4.78 is 0. The molecule has 1 rings (SSSR count). The van der Waals surface area contributed by atoms with E-state index in [9.17, 15) is 10.2 Å². The maximum absolute atomic E-state index is 9.63. The van der Waals surface area contributed by atoms with Crippen LogP contribution >= 0.6 is 0 Å². The van der Waals surface area contributed by atoms with Crippen molar-refractivity contribution < 1.29 is 15.3 Å². The molecule has 0 amide bonds. The van der Waals surface area contributed by atoms with Crippen molar-refractivity contribution in [2.24, 2.45) is 5.73 Å². The van der Waals surface area contributed by atoms with Crippen molar-refractivity contribution in [3.05, 3.63) is 0 Å². The highest BCUT2D eigenvalue weighted by atomic mass is 16.3. The van der Waals surface area contributed by atoms with E-state index in [1.165, 1.54) is 0 Å². The largest absolute Gasteiger partial charge is 0.395 e. The van der Waals surface area contributed by atoms with Crippen LogP contribution in [-0.2, 0) is 0 Å². The molecule has 0 radical (unpaired) electrons. The molecule has 0 aromatic heterocycles. The second-order valence-electron chi connectivity index (χ2n) is 3.89. The minimum Gasteiger partial charge on any atom is -0.395 e. The molecular weight excluding hydrogens is 198 g/mol. The molecule has 1 aliphatic rings. The summed E-state index contributed by atoms with van der Waals surface area (Å²) >= 11 is 0. The Labute approximate surface area is 89.5 Å². The Bertz CT molecular complexity index is 182. The first-order valence-electron chi connectivity index (χ1n) is 5.34. The van der Waals surface area contributed by atoms with Crippen LogP contribution in [0, 0.1) is 0 Å². The molecule has 6 nitrogen and oxygen atoms in total. The third kappa shape index (κ3) is 3.37. The van der Waals surface area contributed by atoms with Crippen molar-refractivity contribution in [3.8, 4) is 0 Å². The van der Waals surface area contributed by atoms with Crippen molar-refractivity contribution in [1.82, 2.24) is 10.6 Å². The highest BCUT2D eigenvalue weighted by Crippen LogP contribution is 2.13. The summed E-state index contributed by atoms with van der Waals surface area (Å²) in [6.45, 7) is 1.82. The van der Waals surface area contributed by atoms with Crippen LogP contribution in [0.15, 0.2) is 0 Å². The molecule has 0 bridgehead atoms. The summed E-state index contributed by atoms with van der Waals surface area (Å²) in [5.74, 6) is 0. The van der Waals surface area contributed by atoms with Crippen LogP contribution in [-0.4, -0.2) is 65.9 Å². The zero-order valence-corrected chi connectivity index (χ0v) is 8.76. The second kappa shape index (κ2) is 6.37. The van der Waals surface area contributed by atoms with Crippen molar-refractivity contribution in [2.45, 2.75) is 30.7 Å². The molecule has 4 atom stereocenters. The van der Waals surface area contributed by atoms with Gasteiger partial charge in [-0.15, -0.1) is 0 Å². The van der Waals surface area contributed by atoms with Gasteiger partial charge >= 0.3 is 0 Å². The van der Waals surface area contributed by atoms with Crippen molar-refractivity contribution in [1.29, 1.82) is 0 Å². The molecule has 1 heterocycles. The molecule has 0 aromatic rings. The van der Waals surface area contributed by atoms with E-state index in [0.717, 1.165) is 13.0 Å². The van der Waals surface area contributed by atoms with Crippen molar-refractivity contribution >= 4 is 0 Å². The zero-order chi connectivity index (χ0) is 11.3. The van der Waals surface area contributed by atoms with Crippen LogP contribution in [0.25, 0.3) is 0 Å². The quantitative estimate of drug-likeness (QED) is 0.265. The fourth-order valence-electron chi connectivity index (χ4n) is 1.77. The fraction of sp³-hybridized carbons (Fsp3) is 1.00. The summed E-state index contributed by atoms with van der Waals surface area (Å²) in [5.41, 5.74) is 5.34. The Morgan fingerprint density at radius 3 is 2.40 bits per heavy atom. The molecule has 7 N–H and O–H groups in total. The standard InChI is InChI=1S/C9H21N3O3/c10-2-1-3-11-4-6-8(14)9(15)7(5-13)12-6/h6-9,11-15H,1-5,10H2/t6-,7-,8-,9-/m1/s1. The number of hydrogen-bond acceptors (Lipinski definition) is 6. The van der Waals surface area contributed by atoms with Crippen LogP contribution in [0.3, 0.4) is 0 Å². The van der Waals surface area contributed by atoms with Crippen LogP contribution in [0.5, 0.6) is 0 Å². The van der Waals surface area contributed by atoms with Crippen LogP contribution in [0.2, 0.25) is 0 Å². The Kier molecular flexibility index (Phi) is 5.44. The smallest absolute Gasteiger partial charge is 0.0989 e. The number of nitrogens with one attached hydrogen (secondary N) is 2. The Balaban J connectivity index is 2.25. The predicted octanol–water partition coefficient (Wildman–Crippen LogP) is -3.02. The second-order valence-corrected chi connectivity index (χ2v) is 3.89. The van der Waals surface area contributed by atoms with Crippen LogP contribution < -0.4 is 16.4 Å². The van der Waals surface area contributed by atoms with Gasteiger partial charge in [-0.25, -0.2) is 0 Å². The number of rotatable bonds is 6. The summed E-state index contributed by atoms with van der Waals surface area (Å²) in [4.78, 5) is 0. The molecule has 0 unspecified atom stereocenters. The van der Waals surface area contributed by atoms with Gasteiger partial charge in [0.2, 0.25) is 0 Å². The number of nitrogens with two attached hydrogens (primary N) is 1. The lowest BCUT2D eigenvalue weighted by Crippen LogP contribution is -2.43. The molecule has 0 aliphatic carbocycles. The van der Waals surface area contributed by atoms with Gasteiger partial charge in [-0.05, 0) is 19.5 Å². The van der Waals surface area contributed by atoms with E-state index in [4.69, 9.17) is 10.8 Å². The maximum Gasteiger partial charge on any atom is 0.0989 e. The van der Waals surface area contributed by atoms with E-state index in [1.807, 2.05) is 0 Å². The van der Waals surface area contributed by atoms with Crippen molar-refractivity contribution in [2.75, 3.05) is 26.2 Å². The molecule has 15 heavy (non-hydrogen) atoms. The topological polar surface area (TPSA) is 111 Å². The highest BCUT2D eigenvalue weighted by Gasteiger charge is 2.39. The molecule has 90 valence electrons. The molecule has 6 heteroatoms. The normalized spacial score (nSPS) is 36.0. The average Bonchev–Trinajstić information content (AvgIpc) is 2.52. The molecule has 1 fully saturated rings. The van der Waals surface area contributed by atoms with E-state index in [0.29, 0.717) is 13.1 Å². The number of aliphatic hydroxyl groups excluding tert-OH is 3. The van der Waals surface area contributed by atoms with Gasteiger partial charge in [0, 0.05) is 12.6 Å². The lowest BCUT2D eigenvalue weighted by molar-refractivity contribution is 0.0197. The van der Waals surface area contributed by atoms with Gasteiger partial charge < -0.3 is 31.7 Å². The third-order valence-electron chi connectivity index (χ3n) is 2.72. The highest BCUT2D eigenvalue weighted by molar-refractivity contribution is 4.98. The fourth-order valence-corrected chi connectivity index (χ4v) is 1.77. The lowest BCUT2D eigenvalue weighted by atomic mass is 10.1. The third-order valence-corrected chi connectivity index (χ3v) is 2.72. The Hall–Kier alpha value is -0.240. The van der Waals surface area contributed by atoms with E-state index < -0.39 is 18.2 Å². The first-order valence-corrected chi connectivity index (χ1v) is 5.34. The van der Waals surface area contributed by atoms with Gasteiger partial charge in [-0.2, -0.15) is 0 Å². The van der Waals surface area contributed by atoms with Gasteiger partial charge in [0.05, 0.1) is 24.9 Å². The SMILES string of the molecule is NCCCNC[C@H]1N[C@H](CO)[C@@H](O)[C@@H]1O. The molecule has 0 saturated carbocycles. The summed E-state index contributed by atoms with van der Waals surface area (Å²) in [6, 6.07) is -0.642. The van der Waals surface area contributed by atoms with Gasteiger partial charge in [0.25, 0.3) is 0 Å². The van der Waals surface area contributed by atoms with Crippen LogP contribution in [0.1, 0.15) is 6.42 Å². The van der Waals surface area contributed by atoms with Crippen molar-refractivity contribution in [3.63, 3.8) is 0 Å². The first-order chi connectivity index (χ1) is 7.20. The number of hydrogen-bond donors (Lipinski definition) is 6. The first kappa shape index (κ1) is 12.8. The van der Waals surface area contributed by atoms with Gasteiger partial charge in [-0.3, -0.25) is 0 Å². The summed E-state index contributed by atoms with van der Waals surface area (Å²) in [5, 5.41) is 34.2. The number of aliphatic hydroxyl groups is 3. The monoisotopic (exact) mass is 219 g/mol. The molecule has 0 spiro atoms. The Morgan fingerprint density at radius 2 is 1.87 bits per heavy atom. The molecule has 1 aliphatic heterocycles.